The van der Waals surface area contributed by atoms with Gasteiger partial charge in [0.15, 0.2) is 0 Å². The van der Waals surface area contributed by atoms with E-state index < -0.39 is 0 Å². The predicted octanol–water partition coefficient (Wildman–Crippen LogP) is 15.6. The molecule has 0 N–H and O–H groups in total. The molecule has 9 aromatic carbocycles. The lowest BCUT2D eigenvalue weighted by Crippen LogP contribution is -2.09. The van der Waals surface area contributed by atoms with E-state index in [9.17, 15) is 0 Å². The van der Waals surface area contributed by atoms with Crippen molar-refractivity contribution in [2.24, 2.45) is 0 Å². The zero-order valence-electron chi connectivity index (χ0n) is 31.0. The summed E-state index contributed by atoms with van der Waals surface area (Å²) in [5, 5.41) is 4.43. The molecule has 2 aromatic heterocycles. The van der Waals surface area contributed by atoms with E-state index in [2.05, 4.69) is 193 Å². The molecule has 0 saturated carbocycles. The Bertz CT molecular complexity index is 3110. The Hall–Kier alpha value is -7.62. The van der Waals surface area contributed by atoms with Crippen LogP contribution in [0.15, 0.2) is 221 Å². The third-order valence-corrected chi connectivity index (χ3v) is 11.1. The van der Waals surface area contributed by atoms with Crippen molar-refractivity contribution in [3.05, 3.63) is 212 Å². The molecule has 3 heteroatoms. The summed E-state index contributed by atoms with van der Waals surface area (Å²) < 4.78 is 12.7. The molecule has 0 aliphatic carbocycles. The first kappa shape index (κ1) is 32.8. The van der Waals surface area contributed by atoms with Crippen LogP contribution >= 0.6 is 0 Å². The zero-order chi connectivity index (χ0) is 37.7. The molecular formula is C54H35NO2. The molecule has 0 bridgehead atoms. The fourth-order valence-electron chi connectivity index (χ4n) is 8.25. The van der Waals surface area contributed by atoms with Gasteiger partial charge in [0.05, 0.1) is 0 Å². The molecule has 2 heterocycles. The normalized spacial score (nSPS) is 11.5. The summed E-state index contributed by atoms with van der Waals surface area (Å²) in [5.41, 5.74) is 16.0. The predicted molar refractivity (Wildman–Crippen MR) is 237 cm³/mol. The van der Waals surface area contributed by atoms with Crippen LogP contribution in [0, 0.1) is 0 Å². The van der Waals surface area contributed by atoms with Crippen molar-refractivity contribution in [3.63, 3.8) is 0 Å². The summed E-state index contributed by atoms with van der Waals surface area (Å²) in [5.74, 6) is 0. The average Bonchev–Trinajstić information content (AvgIpc) is 3.85. The van der Waals surface area contributed by atoms with Gasteiger partial charge in [-0.25, -0.2) is 0 Å². The molecule has 0 unspecified atom stereocenters. The fraction of sp³-hybridized carbons (Fsp3) is 0. The van der Waals surface area contributed by atoms with Gasteiger partial charge in [0.1, 0.15) is 22.3 Å². The smallest absolute Gasteiger partial charge is 0.136 e. The van der Waals surface area contributed by atoms with Gasteiger partial charge in [0.25, 0.3) is 0 Å². The third kappa shape index (κ3) is 5.85. The van der Waals surface area contributed by atoms with Crippen LogP contribution < -0.4 is 4.90 Å². The van der Waals surface area contributed by atoms with Gasteiger partial charge >= 0.3 is 0 Å². The second kappa shape index (κ2) is 13.6. The summed E-state index contributed by atoms with van der Waals surface area (Å²) in [6, 6.07) is 75.2. The van der Waals surface area contributed by atoms with Gasteiger partial charge in [-0.15, -0.1) is 0 Å². The number of furan rings is 2. The molecule has 268 valence electrons. The molecule has 0 atom stereocenters. The van der Waals surface area contributed by atoms with Crippen LogP contribution in [0.2, 0.25) is 0 Å². The minimum Gasteiger partial charge on any atom is -0.456 e. The maximum absolute atomic E-state index is 6.46. The first-order valence-corrected chi connectivity index (χ1v) is 19.3. The van der Waals surface area contributed by atoms with Gasteiger partial charge in [-0.1, -0.05) is 140 Å². The van der Waals surface area contributed by atoms with Gasteiger partial charge in [0, 0.05) is 38.6 Å². The van der Waals surface area contributed by atoms with Crippen molar-refractivity contribution in [1.82, 2.24) is 0 Å². The SMILES string of the molecule is c1ccc(-c2ccc(N(c3ccc(-c4ccccc4)cc3)c3ccc(-c4cc5oc6ccccc6c5cc4-c4ccc5oc6ccccc6c5c4)cc3)cc2)cc1. The van der Waals surface area contributed by atoms with Gasteiger partial charge in [-0.3, -0.25) is 0 Å². The number of hydrogen-bond acceptors (Lipinski definition) is 3. The van der Waals surface area contributed by atoms with Crippen molar-refractivity contribution in [1.29, 1.82) is 0 Å². The largest absolute Gasteiger partial charge is 0.456 e. The molecule has 0 fully saturated rings. The number of fused-ring (bicyclic) bond motifs is 6. The summed E-state index contributed by atoms with van der Waals surface area (Å²) >= 11 is 0. The molecule has 11 aromatic rings. The van der Waals surface area contributed by atoms with Gasteiger partial charge in [-0.2, -0.15) is 0 Å². The minimum absolute atomic E-state index is 0.868. The van der Waals surface area contributed by atoms with Crippen LogP contribution in [0.25, 0.3) is 88.4 Å². The fourth-order valence-corrected chi connectivity index (χ4v) is 8.25. The van der Waals surface area contributed by atoms with E-state index >= 15 is 0 Å². The number of hydrogen-bond donors (Lipinski definition) is 0. The standard InChI is InChI=1S/C54H35NO2/c1-3-11-36(12-4-1)38-19-26-42(27-20-38)55(43-28-21-39(22-29-43)37-13-5-2-6-14-37)44-30-23-40(24-31-44)48-35-54-50(46-16-8-10-18-52(46)57-54)34-47(48)41-25-32-53-49(33-41)45-15-7-9-17-51(45)56-53/h1-35H. The lowest BCUT2D eigenvalue weighted by atomic mass is 9.92. The highest BCUT2D eigenvalue weighted by Crippen LogP contribution is 2.43. The van der Waals surface area contributed by atoms with Gasteiger partial charge < -0.3 is 13.7 Å². The number of para-hydroxylation sites is 2. The highest BCUT2D eigenvalue weighted by Gasteiger charge is 2.18. The summed E-state index contributed by atoms with van der Waals surface area (Å²) in [7, 11) is 0. The molecule has 0 amide bonds. The molecular weight excluding hydrogens is 695 g/mol. The summed E-state index contributed by atoms with van der Waals surface area (Å²) in [6.45, 7) is 0. The quantitative estimate of drug-likeness (QED) is 0.164. The third-order valence-electron chi connectivity index (χ3n) is 11.1. The van der Waals surface area contributed by atoms with Crippen molar-refractivity contribution in [3.8, 4) is 44.5 Å². The number of anilines is 3. The first-order chi connectivity index (χ1) is 28.2. The maximum Gasteiger partial charge on any atom is 0.136 e. The summed E-state index contributed by atoms with van der Waals surface area (Å²) in [4.78, 5) is 2.33. The van der Waals surface area contributed by atoms with E-state index in [1.54, 1.807) is 0 Å². The second-order valence-electron chi connectivity index (χ2n) is 14.5. The first-order valence-electron chi connectivity index (χ1n) is 19.3. The monoisotopic (exact) mass is 729 g/mol. The molecule has 0 spiro atoms. The van der Waals surface area contributed by atoms with E-state index in [0.29, 0.717) is 0 Å². The second-order valence-corrected chi connectivity index (χ2v) is 14.5. The summed E-state index contributed by atoms with van der Waals surface area (Å²) in [6.07, 6.45) is 0. The van der Waals surface area contributed by atoms with Crippen LogP contribution in [0.3, 0.4) is 0 Å². The Morgan fingerprint density at radius 2 is 0.632 bits per heavy atom. The Kier molecular flexibility index (Phi) is 7.82. The highest BCUT2D eigenvalue weighted by molar-refractivity contribution is 6.11. The molecule has 0 aliphatic rings. The van der Waals surface area contributed by atoms with E-state index in [1.165, 1.54) is 22.3 Å². The Balaban J connectivity index is 1.04. The number of benzene rings is 9. The maximum atomic E-state index is 6.46. The van der Waals surface area contributed by atoms with Gasteiger partial charge in [0.2, 0.25) is 0 Å². The van der Waals surface area contributed by atoms with E-state index in [0.717, 1.165) is 83.2 Å². The topological polar surface area (TPSA) is 29.5 Å². The number of rotatable bonds is 7. The van der Waals surface area contributed by atoms with Crippen LogP contribution in [0.1, 0.15) is 0 Å². The van der Waals surface area contributed by atoms with Crippen LogP contribution in [-0.4, -0.2) is 0 Å². The molecule has 3 nitrogen and oxygen atoms in total. The number of nitrogens with zero attached hydrogens (tertiary/aromatic N) is 1. The average molecular weight is 730 g/mol. The van der Waals surface area contributed by atoms with Crippen molar-refractivity contribution >= 4 is 60.9 Å². The molecule has 57 heavy (non-hydrogen) atoms. The Morgan fingerprint density at radius 1 is 0.246 bits per heavy atom. The lowest BCUT2D eigenvalue weighted by Gasteiger charge is -2.26. The van der Waals surface area contributed by atoms with Crippen LogP contribution in [-0.2, 0) is 0 Å². The minimum atomic E-state index is 0.868. The molecule has 0 radical (unpaired) electrons. The Morgan fingerprint density at radius 3 is 1.18 bits per heavy atom. The lowest BCUT2D eigenvalue weighted by molar-refractivity contribution is 0.668. The van der Waals surface area contributed by atoms with Crippen LogP contribution in [0.5, 0.6) is 0 Å². The van der Waals surface area contributed by atoms with Crippen molar-refractivity contribution in [2.75, 3.05) is 4.90 Å². The van der Waals surface area contributed by atoms with Gasteiger partial charge in [-0.05, 0) is 117 Å². The van der Waals surface area contributed by atoms with Crippen LogP contribution in [0.4, 0.5) is 17.1 Å². The van der Waals surface area contributed by atoms with E-state index in [1.807, 2.05) is 24.3 Å². The molecule has 0 saturated heterocycles. The molecule has 11 rings (SSSR count). The Labute approximate surface area is 330 Å². The molecule has 0 aliphatic heterocycles. The van der Waals surface area contributed by atoms with Crippen molar-refractivity contribution in [2.45, 2.75) is 0 Å². The van der Waals surface area contributed by atoms with Crippen molar-refractivity contribution < 1.29 is 8.83 Å². The highest BCUT2D eigenvalue weighted by atomic mass is 16.3. The van der Waals surface area contributed by atoms with E-state index in [-0.39, 0.29) is 0 Å². The van der Waals surface area contributed by atoms with E-state index in [4.69, 9.17) is 8.83 Å². The zero-order valence-corrected chi connectivity index (χ0v) is 31.0.